The number of allylic oxidation sites excluding steroid dienone is 1. The zero-order valence-corrected chi connectivity index (χ0v) is 13.4. The van der Waals surface area contributed by atoms with E-state index in [1.54, 1.807) is 0 Å². The first-order chi connectivity index (χ1) is 10.9. The summed E-state index contributed by atoms with van der Waals surface area (Å²) in [7, 11) is 0. The van der Waals surface area contributed by atoms with E-state index in [-0.39, 0.29) is 33.6 Å². The number of carbonyl (C=O) groups excluding carboxylic acids is 1. The topological polar surface area (TPSA) is 83.1 Å². The van der Waals surface area contributed by atoms with Gasteiger partial charge in [-0.15, -0.1) is 0 Å². The molecule has 5 nitrogen and oxygen atoms in total. The molecule has 1 saturated carbocycles. The molecular weight excluding hydrogens is 319 g/mol. The van der Waals surface area contributed by atoms with Gasteiger partial charge in [-0.1, -0.05) is 11.6 Å². The summed E-state index contributed by atoms with van der Waals surface area (Å²) >= 11 is 5.73. The largest absolute Gasteiger partial charge is 0.394 e. The fraction of sp³-hybridized carbons (Fsp3) is 0.438. The number of hydrogen-bond acceptors (Lipinski definition) is 4. The third kappa shape index (κ3) is 3.08. The second-order valence-electron chi connectivity index (χ2n) is 6.14. The van der Waals surface area contributed by atoms with Crippen LogP contribution >= 0.6 is 11.6 Å². The molecule has 1 aromatic rings. The van der Waals surface area contributed by atoms with E-state index in [1.807, 2.05) is 4.90 Å². The van der Waals surface area contributed by atoms with Gasteiger partial charge < -0.3 is 16.0 Å². The fourth-order valence-electron chi connectivity index (χ4n) is 3.15. The van der Waals surface area contributed by atoms with Gasteiger partial charge in [0.2, 0.25) is 0 Å². The van der Waals surface area contributed by atoms with E-state index in [2.05, 4.69) is 4.98 Å². The van der Waals surface area contributed by atoms with Crippen molar-refractivity contribution in [1.29, 1.82) is 5.41 Å². The Balaban J connectivity index is 1.80. The van der Waals surface area contributed by atoms with Gasteiger partial charge in [-0.05, 0) is 44.2 Å². The lowest BCUT2D eigenvalue weighted by Crippen LogP contribution is -2.47. The number of hydrogen-bond donors (Lipinski definition) is 2. The van der Waals surface area contributed by atoms with Crippen LogP contribution in [0.5, 0.6) is 0 Å². The average molecular weight is 337 g/mol. The molecule has 1 aliphatic carbocycles. The Labute approximate surface area is 138 Å². The summed E-state index contributed by atoms with van der Waals surface area (Å²) in [4.78, 5) is 18.0. The number of rotatable bonds is 3. The summed E-state index contributed by atoms with van der Waals surface area (Å²) in [6, 6.07) is 1.25. The Morgan fingerprint density at radius 2 is 2.17 bits per heavy atom. The van der Waals surface area contributed by atoms with Crippen LogP contribution in [0.2, 0.25) is 5.15 Å². The van der Waals surface area contributed by atoms with Crippen LogP contribution < -0.4 is 5.73 Å². The quantitative estimate of drug-likeness (QED) is 0.505. The molecule has 0 atom stereocenters. The van der Waals surface area contributed by atoms with Crippen molar-refractivity contribution < 1.29 is 9.18 Å². The van der Waals surface area contributed by atoms with E-state index in [9.17, 15) is 9.18 Å². The lowest BCUT2D eigenvalue weighted by atomic mass is 9.99. The second kappa shape index (κ2) is 5.92. The van der Waals surface area contributed by atoms with Crippen LogP contribution in [0.15, 0.2) is 24.0 Å². The molecule has 3 N–H and O–H groups in total. The van der Waals surface area contributed by atoms with Crippen molar-refractivity contribution in [3.8, 4) is 0 Å². The predicted octanol–water partition coefficient (Wildman–Crippen LogP) is 2.63. The third-order valence-corrected chi connectivity index (χ3v) is 4.78. The zero-order valence-electron chi connectivity index (χ0n) is 12.6. The molecule has 1 aromatic heterocycles. The highest BCUT2D eigenvalue weighted by Crippen LogP contribution is 2.48. The van der Waals surface area contributed by atoms with Crippen molar-refractivity contribution in [3.05, 3.63) is 40.6 Å². The molecule has 7 heteroatoms. The van der Waals surface area contributed by atoms with Gasteiger partial charge in [0.05, 0.1) is 17.6 Å². The number of halogens is 2. The highest BCUT2D eigenvalue weighted by molar-refractivity contribution is 6.30. The van der Waals surface area contributed by atoms with Gasteiger partial charge in [0, 0.05) is 17.6 Å². The fourth-order valence-corrected chi connectivity index (χ4v) is 3.31. The van der Waals surface area contributed by atoms with Crippen LogP contribution in [0.4, 0.5) is 4.39 Å². The summed E-state index contributed by atoms with van der Waals surface area (Å²) < 4.78 is 13.7. The molecule has 1 amide bonds. The van der Waals surface area contributed by atoms with Gasteiger partial charge in [0.15, 0.2) is 5.82 Å². The monoisotopic (exact) mass is 336 g/mol. The normalized spacial score (nSPS) is 19.7. The van der Waals surface area contributed by atoms with E-state index in [0.29, 0.717) is 6.54 Å². The number of aromatic nitrogens is 1. The maximum atomic E-state index is 13.7. The molecular formula is C16H18ClFN4O. The molecule has 1 spiro atoms. The predicted molar refractivity (Wildman–Crippen MR) is 85.8 cm³/mol. The van der Waals surface area contributed by atoms with E-state index >= 15 is 0 Å². The Bertz CT molecular complexity index is 699. The molecule has 1 aliphatic heterocycles. The van der Waals surface area contributed by atoms with Gasteiger partial charge in [0.25, 0.3) is 5.91 Å². The minimum Gasteiger partial charge on any atom is -0.394 e. The zero-order chi connectivity index (χ0) is 16.6. The SMILES string of the molecule is N=C(/C=C(\N)C(=O)N1CCCCC12CC2)c1cc(Cl)ncc1F. The minimum absolute atomic E-state index is 0.0266. The Kier molecular flexibility index (Phi) is 4.10. The summed E-state index contributed by atoms with van der Waals surface area (Å²) in [6.07, 6.45) is 7.27. The van der Waals surface area contributed by atoms with Crippen molar-refractivity contribution in [2.45, 2.75) is 37.6 Å². The first-order valence-corrected chi connectivity index (χ1v) is 8.00. The molecule has 0 bridgehead atoms. The maximum Gasteiger partial charge on any atom is 0.270 e. The van der Waals surface area contributed by atoms with E-state index in [0.717, 1.165) is 38.3 Å². The Morgan fingerprint density at radius 3 is 2.87 bits per heavy atom. The van der Waals surface area contributed by atoms with Crippen molar-refractivity contribution >= 4 is 23.2 Å². The van der Waals surface area contributed by atoms with Crippen molar-refractivity contribution in [3.63, 3.8) is 0 Å². The van der Waals surface area contributed by atoms with Crippen LogP contribution in [0.1, 0.15) is 37.7 Å². The van der Waals surface area contributed by atoms with E-state index in [1.165, 1.54) is 12.1 Å². The molecule has 23 heavy (non-hydrogen) atoms. The Morgan fingerprint density at radius 1 is 1.43 bits per heavy atom. The number of nitrogens with one attached hydrogen (secondary N) is 1. The van der Waals surface area contributed by atoms with Crippen molar-refractivity contribution in [2.24, 2.45) is 5.73 Å². The minimum atomic E-state index is -0.674. The van der Waals surface area contributed by atoms with Crippen LogP contribution in [0.3, 0.4) is 0 Å². The first kappa shape index (κ1) is 15.9. The van der Waals surface area contributed by atoms with Crippen LogP contribution in [0.25, 0.3) is 0 Å². The summed E-state index contributed by atoms with van der Waals surface area (Å²) in [5, 5.41) is 8.05. The number of nitrogens with zero attached hydrogens (tertiary/aromatic N) is 2. The van der Waals surface area contributed by atoms with E-state index in [4.69, 9.17) is 22.7 Å². The molecule has 3 rings (SSSR count). The molecule has 0 aromatic carbocycles. The number of carbonyl (C=O) groups is 1. The van der Waals surface area contributed by atoms with Crippen LogP contribution in [0, 0.1) is 11.2 Å². The Hall–Kier alpha value is -1.95. The third-order valence-electron chi connectivity index (χ3n) is 4.58. The molecule has 2 heterocycles. The number of pyridine rings is 1. The molecule has 2 aliphatic rings. The standard InChI is InChI=1S/C16H18ClFN4O/c17-14-7-10(11(18)9-21-14)12(19)8-13(20)15(23)22-6-2-1-3-16(22)4-5-16/h7-9,19H,1-6,20H2/b13-8-,19-12?. The summed E-state index contributed by atoms with van der Waals surface area (Å²) in [5.41, 5.74) is 5.59. The summed E-state index contributed by atoms with van der Waals surface area (Å²) in [5.74, 6) is -0.944. The van der Waals surface area contributed by atoms with Crippen molar-refractivity contribution in [2.75, 3.05) is 6.54 Å². The van der Waals surface area contributed by atoms with Gasteiger partial charge in [-0.25, -0.2) is 9.37 Å². The highest BCUT2D eigenvalue weighted by atomic mass is 35.5. The molecule has 1 saturated heterocycles. The lowest BCUT2D eigenvalue weighted by molar-refractivity contribution is -0.131. The smallest absolute Gasteiger partial charge is 0.270 e. The average Bonchev–Trinajstić information content (AvgIpc) is 3.29. The van der Waals surface area contributed by atoms with E-state index < -0.39 is 5.82 Å². The van der Waals surface area contributed by atoms with Crippen LogP contribution in [-0.2, 0) is 4.79 Å². The molecule has 2 fully saturated rings. The second-order valence-corrected chi connectivity index (χ2v) is 6.53. The maximum absolute atomic E-state index is 13.7. The van der Waals surface area contributed by atoms with Gasteiger partial charge in [-0.2, -0.15) is 0 Å². The molecule has 122 valence electrons. The highest BCUT2D eigenvalue weighted by Gasteiger charge is 2.51. The van der Waals surface area contributed by atoms with Gasteiger partial charge in [-0.3, -0.25) is 4.79 Å². The van der Waals surface area contributed by atoms with Gasteiger partial charge in [0.1, 0.15) is 5.15 Å². The lowest BCUT2D eigenvalue weighted by Gasteiger charge is -2.36. The number of piperidine rings is 1. The number of nitrogens with two attached hydrogens (primary N) is 1. The van der Waals surface area contributed by atoms with Gasteiger partial charge >= 0.3 is 0 Å². The van der Waals surface area contributed by atoms with Crippen LogP contribution in [-0.4, -0.2) is 33.6 Å². The molecule has 0 radical (unpaired) electrons. The number of amides is 1. The first-order valence-electron chi connectivity index (χ1n) is 7.62. The van der Waals surface area contributed by atoms with Crippen molar-refractivity contribution in [1.82, 2.24) is 9.88 Å². The number of likely N-dealkylation sites (tertiary alicyclic amines) is 1. The summed E-state index contributed by atoms with van der Waals surface area (Å²) in [6.45, 7) is 0.691. The molecule has 0 unspecified atom stereocenters.